The minimum absolute atomic E-state index is 0.00456. The molecule has 6 atom stereocenters. The average Bonchev–Trinajstić information content (AvgIpc) is 2.82. The first-order valence-electron chi connectivity index (χ1n) is 13.0. The van der Waals surface area contributed by atoms with E-state index in [0.29, 0.717) is 5.57 Å². The van der Waals surface area contributed by atoms with Crippen molar-refractivity contribution in [1.29, 1.82) is 0 Å². The van der Waals surface area contributed by atoms with Gasteiger partial charge in [0.15, 0.2) is 24.4 Å². The number of hydrogen-bond acceptors (Lipinski definition) is 13. The Morgan fingerprint density at radius 3 is 1.76 bits per heavy atom. The molecule has 0 saturated heterocycles. The minimum atomic E-state index is -1.86. The molecule has 0 saturated carbocycles. The minimum Gasteiger partial charge on any atom is -0.462 e. The molecule has 0 bridgehead atoms. The fraction of sp³-hybridized carbons (Fsp3) is 0.704. The number of nitrogens with zero attached hydrogens (tertiary/aromatic N) is 1. The monoisotopic (exact) mass is 585 g/mol. The Morgan fingerprint density at radius 2 is 1.32 bits per heavy atom. The fourth-order valence-electron chi connectivity index (χ4n) is 5.05. The summed E-state index contributed by atoms with van der Waals surface area (Å²) in [5.74, 6) is -5.91. The van der Waals surface area contributed by atoms with Crippen LogP contribution in [0.1, 0.15) is 81.1 Å². The van der Waals surface area contributed by atoms with Crippen molar-refractivity contribution in [2.75, 3.05) is 6.61 Å². The molecule has 0 aromatic carbocycles. The lowest BCUT2D eigenvalue weighted by atomic mass is 9.65. The van der Waals surface area contributed by atoms with Crippen LogP contribution in [0.5, 0.6) is 0 Å². The topological polar surface area (TPSA) is 192 Å². The van der Waals surface area contributed by atoms with Crippen molar-refractivity contribution >= 4 is 35.6 Å². The highest BCUT2D eigenvalue weighted by Crippen LogP contribution is 2.46. The summed E-state index contributed by atoms with van der Waals surface area (Å²) in [5, 5.41) is 12.8. The Morgan fingerprint density at radius 1 is 0.805 bits per heavy atom. The van der Waals surface area contributed by atoms with Crippen LogP contribution in [-0.2, 0) is 52.5 Å². The summed E-state index contributed by atoms with van der Waals surface area (Å²) in [7, 11) is 0. The van der Waals surface area contributed by atoms with Crippen LogP contribution < -0.4 is 0 Å². The standard InChI is InChI=1S/C27H39NO13/c1-14-11-22(27(28(35)36,12-15(14)2)10-9-16(3)29)24(39-19(6)32)26(41-21(8)34)25(40-20(7)33)23(38-18(5)31)13-37-17(4)30/h22-26H,9-13H2,1-8H3/t22-,23-,24-,25-,26-,27-/m1/s1. The van der Waals surface area contributed by atoms with E-state index in [9.17, 15) is 38.9 Å². The van der Waals surface area contributed by atoms with Gasteiger partial charge < -0.3 is 28.5 Å². The smallest absolute Gasteiger partial charge is 0.303 e. The molecule has 0 N–H and O–H groups in total. The lowest BCUT2D eigenvalue weighted by Gasteiger charge is -2.44. The highest BCUT2D eigenvalue weighted by Gasteiger charge is 2.60. The van der Waals surface area contributed by atoms with Crippen LogP contribution in [0.25, 0.3) is 0 Å². The molecular weight excluding hydrogens is 546 g/mol. The van der Waals surface area contributed by atoms with Crippen LogP contribution in [0.4, 0.5) is 0 Å². The van der Waals surface area contributed by atoms with Gasteiger partial charge >= 0.3 is 29.8 Å². The number of ketones is 1. The zero-order valence-corrected chi connectivity index (χ0v) is 24.7. The van der Waals surface area contributed by atoms with Gasteiger partial charge in [0, 0.05) is 58.8 Å². The van der Waals surface area contributed by atoms with Crippen molar-refractivity contribution in [3.05, 3.63) is 21.3 Å². The zero-order valence-electron chi connectivity index (χ0n) is 24.7. The fourth-order valence-corrected chi connectivity index (χ4v) is 5.05. The second kappa shape index (κ2) is 15.2. The second-order valence-electron chi connectivity index (χ2n) is 10.3. The van der Waals surface area contributed by atoms with Crippen LogP contribution >= 0.6 is 0 Å². The normalized spacial score (nSPS) is 21.4. The van der Waals surface area contributed by atoms with E-state index in [1.807, 2.05) is 0 Å². The third-order valence-corrected chi connectivity index (χ3v) is 6.87. The lowest BCUT2D eigenvalue weighted by molar-refractivity contribution is -0.586. The molecular formula is C27H39NO13. The number of hydrogen-bond donors (Lipinski definition) is 0. The number of Topliss-reactive ketones (excluding diaryl/α,β-unsaturated/α-hetero) is 1. The Kier molecular flexibility index (Phi) is 13.1. The Balaban J connectivity index is 3.99. The second-order valence-corrected chi connectivity index (χ2v) is 10.3. The molecule has 1 aliphatic rings. The van der Waals surface area contributed by atoms with Crippen molar-refractivity contribution in [3.8, 4) is 0 Å². The van der Waals surface area contributed by atoms with E-state index in [1.54, 1.807) is 13.8 Å². The summed E-state index contributed by atoms with van der Waals surface area (Å²) in [6.07, 6.45) is -7.17. The Labute approximate surface area is 238 Å². The van der Waals surface area contributed by atoms with Gasteiger partial charge in [-0.1, -0.05) is 11.1 Å². The van der Waals surface area contributed by atoms with E-state index in [4.69, 9.17) is 23.7 Å². The quantitative estimate of drug-likeness (QED) is 0.0949. The molecule has 0 aromatic rings. The van der Waals surface area contributed by atoms with Crippen LogP contribution in [0.15, 0.2) is 11.1 Å². The van der Waals surface area contributed by atoms with Crippen molar-refractivity contribution in [3.63, 3.8) is 0 Å². The molecule has 0 heterocycles. The molecule has 0 unspecified atom stereocenters. The van der Waals surface area contributed by atoms with Crippen molar-refractivity contribution < 1.29 is 57.4 Å². The van der Waals surface area contributed by atoms with Crippen LogP contribution in [0.2, 0.25) is 0 Å². The maximum atomic E-state index is 12.8. The van der Waals surface area contributed by atoms with Crippen molar-refractivity contribution in [1.82, 2.24) is 0 Å². The lowest BCUT2D eigenvalue weighted by Crippen LogP contribution is -2.61. The molecule has 0 fully saturated rings. The molecule has 0 aliphatic heterocycles. The molecule has 0 radical (unpaired) electrons. The first kappa shape index (κ1) is 35.2. The Hall–Kier alpha value is -3.84. The van der Waals surface area contributed by atoms with E-state index in [-0.39, 0.29) is 31.5 Å². The maximum Gasteiger partial charge on any atom is 0.303 e. The van der Waals surface area contributed by atoms with Gasteiger partial charge in [-0.25, -0.2) is 0 Å². The molecule has 14 heteroatoms. The van der Waals surface area contributed by atoms with Gasteiger partial charge in [0.25, 0.3) is 0 Å². The van der Waals surface area contributed by atoms with Gasteiger partial charge in [0.1, 0.15) is 12.4 Å². The van der Waals surface area contributed by atoms with E-state index in [2.05, 4.69) is 0 Å². The first-order valence-corrected chi connectivity index (χ1v) is 13.0. The Bertz CT molecular complexity index is 1080. The van der Waals surface area contributed by atoms with Crippen LogP contribution in [-0.4, -0.2) is 77.1 Å². The van der Waals surface area contributed by atoms with Gasteiger partial charge in [-0.2, -0.15) is 0 Å². The molecule has 0 aromatic heterocycles. The summed E-state index contributed by atoms with van der Waals surface area (Å²) in [4.78, 5) is 84.8. The maximum absolute atomic E-state index is 12.8. The van der Waals surface area contributed by atoms with Gasteiger partial charge in [-0.3, -0.25) is 34.1 Å². The highest BCUT2D eigenvalue weighted by molar-refractivity contribution is 5.75. The summed E-state index contributed by atoms with van der Waals surface area (Å²) in [5.41, 5.74) is -0.410. The third kappa shape index (κ3) is 10.3. The number of rotatable bonds is 14. The summed E-state index contributed by atoms with van der Waals surface area (Å²) in [6, 6.07) is 0. The largest absolute Gasteiger partial charge is 0.462 e. The number of allylic oxidation sites excluding steroid dienone is 1. The van der Waals surface area contributed by atoms with Crippen molar-refractivity contribution in [2.45, 2.75) is 111 Å². The van der Waals surface area contributed by atoms with Gasteiger partial charge in [-0.15, -0.1) is 0 Å². The number of ether oxygens (including phenoxy) is 5. The predicted octanol–water partition coefficient (Wildman–Crippen LogP) is 2.41. The third-order valence-electron chi connectivity index (χ3n) is 6.87. The molecule has 0 amide bonds. The average molecular weight is 586 g/mol. The van der Waals surface area contributed by atoms with Crippen molar-refractivity contribution in [2.24, 2.45) is 5.92 Å². The van der Waals surface area contributed by atoms with Crippen LogP contribution in [0.3, 0.4) is 0 Å². The summed E-state index contributed by atoms with van der Waals surface area (Å²) >= 11 is 0. The van der Waals surface area contributed by atoms with E-state index < -0.39 is 77.2 Å². The van der Waals surface area contributed by atoms with E-state index >= 15 is 0 Å². The first-order chi connectivity index (χ1) is 18.9. The predicted molar refractivity (Wildman–Crippen MR) is 140 cm³/mol. The number of esters is 5. The summed E-state index contributed by atoms with van der Waals surface area (Å²) < 4.78 is 26.8. The van der Waals surface area contributed by atoms with Crippen LogP contribution in [0, 0.1) is 16.0 Å². The number of carbonyl (C=O) groups is 6. The molecule has 14 nitrogen and oxygen atoms in total. The van der Waals surface area contributed by atoms with E-state index in [1.165, 1.54) is 6.92 Å². The van der Waals surface area contributed by atoms with Gasteiger partial charge in [-0.05, 0) is 27.2 Å². The number of nitro groups is 1. The van der Waals surface area contributed by atoms with Gasteiger partial charge in [0.05, 0.1) is 5.92 Å². The molecule has 1 rings (SSSR count). The SMILES string of the molecule is CC(=O)CC[C@@]1([N+](=O)[O-])CC(C)=C(C)C[C@@H]1[C@@H](OC(C)=O)[C@@H](OC(C)=O)[C@H](OC(C)=O)[C@@H](COC(C)=O)OC(C)=O. The van der Waals surface area contributed by atoms with Gasteiger partial charge in [0.2, 0.25) is 5.54 Å². The van der Waals surface area contributed by atoms with E-state index in [0.717, 1.165) is 40.2 Å². The molecule has 230 valence electrons. The number of carbonyl (C=O) groups excluding carboxylic acids is 6. The highest BCUT2D eigenvalue weighted by atomic mass is 16.6. The summed E-state index contributed by atoms with van der Waals surface area (Å²) in [6.45, 7) is 9.30. The molecule has 41 heavy (non-hydrogen) atoms. The zero-order chi connectivity index (χ0) is 31.7. The molecule has 0 spiro atoms. The molecule has 1 aliphatic carbocycles.